The summed E-state index contributed by atoms with van der Waals surface area (Å²) in [7, 11) is 0. The fourth-order valence-electron chi connectivity index (χ4n) is 4.68. The summed E-state index contributed by atoms with van der Waals surface area (Å²) in [5.41, 5.74) is 5.02. The van der Waals surface area contributed by atoms with Crippen LogP contribution in [0.3, 0.4) is 0 Å². The Balaban J connectivity index is 1.40. The molecular weight excluding hydrogens is 394 g/mol. The van der Waals surface area contributed by atoms with E-state index in [9.17, 15) is 4.79 Å². The second-order valence-corrected chi connectivity index (χ2v) is 8.95. The number of likely N-dealkylation sites (tertiary alicyclic amines) is 1. The van der Waals surface area contributed by atoms with Crippen LogP contribution in [0.5, 0.6) is 0 Å². The second kappa shape index (κ2) is 8.05. The van der Waals surface area contributed by atoms with E-state index in [1.165, 1.54) is 0 Å². The number of ether oxygens (including phenoxy) is 1. The van der Waals surface area contributed by atoms with Crippen molar-refractivity contribution in [3.63, 3.8) is 0 Å². The maximum absolute atomic E-state index is 13.2. The first-order valence-electron chi connectivity index (χ1n) is 11.0. The third kappa shape index (κ3) is 3.72. The van der Waals surface area contributed by atoms with Crippen molar-refractivity contribution in [1.29, 1.82) is 0 Å². The number of hydrogen-bond acceptors (Lipinski definition) is 6. The Morgan fingerprint density at radius 1 is 1.35 bits per heavy atom. The number of aryl methyl sites for hydroxylation is 1. The van der Waals surface area contributed by atoms with Crippen LogP contribution in [0.25, 0.3) is 16.9 Å². The van der Waals surface area contributed by atoms with E-state index in [2.05, 4.69) is 44.3 Å². The van der Waals surface area contributed by atoms with E-state index >= 15 is 0 Å². The van der Waals surface area contributed by atoms with Crippen LogP contribution in [0.15, 0.2) is 18.6 Å². The van der Waals surface area contributed by atoms with Gasteiger partial charge in [-0.15, -0.1) is 0 Å². The predicted molar refractivity (Wildman–Crippen MR) is 116 cm³/mol. The normalized spacial score (nSPS) is 20.3. The average Bonchev–Trinajstić information content (AvgIpc) is 3.34. The number of pyridine rings is 1. The number of H-pyrrole nitrogens is 1. The molecule has 5 rings (SSSR count). The maximum atomic E-state index is 13.2. The van der Waals surface area contributed by atoms with Gasteiger partial charge in [-0.1, -0.05) is 13.8 Å². The lowest BCUT2D eigenvalue weighted by Crippen LogP contribution is -2.56. The van der Waals surface area contributed by atoms with Crippen LogP contribution in [0, 0.1) is 6.92 Å². The molecule has 2 aliphatic rings. The summed E-state index contributed by atoms with van der Waals surface area (Å²) >= 11 is 0. The van der Waals surface area contributed by atoms with Crippen LogP contribution in [-0.4, -0.2) is 74.0 Å². The van der Waals surface area contributed by atoms with Gasteiger partial charge in [-0.2, -0.15) is 10.2 Å². The largest absolute Gasteiger partial charge is 0.378 e. The van der Waals surface area contributed by atoms with E-state index in [-0.39, 0.29) is 17.9 Å². The molecule has 31 heavy (non-hydrogen) atoms. The van der Waals surface area contributed by atoms with Crippen molar-refractivity contribution < 1.29 is 9.53 Å². The Morgan fingerprint density at radius 2 is 2.19 bits per heavy atom. The van der Waals surface area contributed by atoms with Gasteiger partial charge in [-0.3, -0.25) is 14.8 Å². The minimum Gasteiger partial charge on any atom is -0.378 e. The zero-order valence-corrected chi connectivity index (χ0v) is 18.3. The second-order valence-electron chi connectivity index (χ2n) is 8.95. The maximum Gasteiger partial charge on any atom is 0.269 e. The molecule has 2 aliphatic heterocycles. The van der Waals surface area contributed by atoms with E-state index in [4.69, 9.17) is 4.74 Å². The first-order valence-corrected chi connectivity index (χ1v) is 11.0. The molecule has 9 heteroatoms. The molecule has 0 radical (unpaired) electrons. The number of carbonyl (C=O) groups is 1. The van der Waals surface area contributed by atoms with Gasteiger partial charge in [0.1, 0.15) is 12.0 Å². The minimum absolute atomic E-state index is 0.0854. The first kappa shape index (κ1) is 20.1. The quantitative estimate of drug-likeness (QED) is 0.652. The summed E-state index contributed by atoms with van der Waals surface area (Å²) in [4.78, 5) is 20.0. The fraction of sp³-hybridized carbons (Fsp3) is 0.545. The van der Waals surface area contributed by atoms with Crippen LogP contribution < -0.4 is 5.32 Å². The highest BCUT2D eigenvalue weighted by atomic mass is 16.5. The van der Waals surface area contributed by atoms with Crippen molar-refractivity contribution in [2.75, 3.05) is 26.3 Å². The monoisotopic (exact) mass is 423 g/mol. The molecule has 5 heterocycles. The predicted octanol–water partition coefficient (Wildman–Crippen LogP) is 2.14. The lowest BCUT2D eigenvalue weighted by molar-refractivity contribution is -0.0728. The van der Waals surface area contributed by atoms with E-state index in [1.54, 1.807) is 10.8 Å². The standard InChI is InChI=1S/C22H29N7O2/c1-13(2)18-19(15-7-14(3)21-23-12-24-29(21)8-15)26-27-20(18)22(30)25-16-5-4-6-28(9-16)17-10-31-11-17/h7-8,12-13,16-17H,4-6,9-11H2,1-3H3,(H,25,30)(H,26,27)/t16-/m0/s1. The van der Waals surface area contributed by atoms with E-state index in [0.29, 0.717) is 11.7 Å². The zero-order valence-electron chi connectivity index (χ0n) is 18.3. The van der Waals surface area contributed by atoms with Gasteiger partial charge in [0.05, 0.1) is 24.9 Å². The minimum atomic E-state index is -0.0854. The van der Waals surface area contributed by atoms with Gasteiger partial charge >= 0.3 is 0 Å². The number of aromatic amines is 1. The van der Waals surface area contributed by atoms with Gasteiger partial charge in [-0.25, -0.2) is 9.50 Å². The molecule has 164 valence electrons. The molecule has 1 atom stereocenters. The van der Waals surface area contributed by atoms with Crippen molar-refractivity contribution in [3.05, 3.63) is 35.4 Å². The summed E-state index contributed by atoms with van der Waals surface area (Å²) in [6, 6.07) is 2.69. The van der Waals surface area contributed by atoms with E-state index in [0.717, 1.165) is 67.2 Å². The number of carbonyl (C=O) groups excluding carboxylic acids is 1. The van der Waals surface area contributed by atoms with Crippen molar-refractivity contribution in [1.82, 2.24) is 35.0 Å². The van der Waals surface area contributed by atoms with Crippen LogP contribution in [0.2, 0.25) is 0 Å². The smallest absolute Gasteiger partial charge is 0.269 e. The molecule has 0 aliphatic carbocycles. The number of piperidine rings is 1. The Kier molecular flexibility index (Phi) is 5.23. The lowest BCUT2D eigenvalue weighted by atomic mass is 9.96. The average molecular weight is 424 g/mol. The molecule has 0 bridgehead atoms. The third-order valence-corrected chi connectivity index (χ3v) is 6.37. The lowest BCUT2D eigenvalue weighted by Gasteiger charge is -2.42. The van der Waals surface area contributed by atoms with Crippen molar-refractivity contribution in [2.24, 2.45) is 0 Å². The summed E-state index contributed by atoms with van der Waals surface area (Å²) < 4.78 is 7.09. The number of nitrogens with one attached hydrogen (secondary N) is 2. The Morgan fingerprint density at radius 3 is 2.94 bits per heavy atom. The van der Waals surface area contributed by atoms with Crippen LogP contribution in [0.4, 0.5) is 0 Å². The Labute approximate surface area is 181 Å². The highest BCUT2D eigenvalue weighted by Crippen LogP contribution is 2.31. The summed E-state index contributed by atoms with van der Waals surface area (Å²) in [6.07, 6.45) is 5.54. The van der Waals surface area contributed by atoms with Crippen LogP contribution >= 0.6 is 0 Å². The molecule has 3 aromatic rings. The number of aromatic nitrogens is 5. The Bertz CT molecular complexity index is 1100. The number of fused-ring (bicyclic) bond motifs is 1. The highest BCUT2D eigenvalue weighted by Gasteiger charge is 2.32. The SMILES string of the molecule is Cc1cc(-c2n[nH]c(C(=O)N[C@H]3CCCN(C4COC4)C3)c2C(C)C)cn2ncnc12. The first-order chi connectivity index (χ1) is 15.0. The topological polar surface area (TPSA) is 100 Å². The van der Waals surface area contributed by atoms with E-state index < -0.39 is 0 Å². The number of rotatable bonds is 5. The summed E-state index contributed by atoms with van der Waals surface area (Å²) in [5.74, 6) is 0.0499. The van der Waals surface area contributed by atoms with Gasteiger partial charge in [0.25, 0.3) is 5.91 Å². The molecule has 0 unspecified atom stereocenters. The molecule has 2 fully saturated rings. The molecule has 0 aromatic carbocycles. The third-order valence-electron chi connectivity index (χ3n) is 6.37. The number of nitrogens with zero attached hydrogens (tertiary/aromatic N) is 5. The molecule has 2 saturated heterocycles. The van der Waals surface area contributed by atoms with Gasteiger partial charge in [-0.05, 0) is 43.9 Å². The van der Waals surface area contributed by atoms with Gasteiger partial charge in [0.15, 0.2) is 5.65 Å². The summed E-state index contributed by atoms with van der Waals surface area (Å²) in [5, 5.41) is 15.1. The molecule has 0 saturated carbocycles. The summed E-state index contributed by atoms with van der Waals surface area (Å²) in [6.45, 7) is 9.74. The zero-order chi connectivity index (χ0) is 21.5. The number of hydrogen-bond donors (Lipinski definition) is 2. The van der Waals surface area contributed by atoms with Crippen molar-refractivity contribution in [3.8, 4) is 11.3 Å². The highest BCUT2D eigenvalue weighted by molar-refractivity contribution is 5.96. The van der Waals surface area contributed by atoms with Crippen LogP contribution in [-0.2, 0) is 4.74 Å². The van der Waals surface area contributed by atoms with Crippen LogP contribution in [0.1, 0.15) is 54.2 Å². The number of amides is 1. The molecule has 3 aromatic heterocycles. The molecule has 9 nitrogen and oxygen atoms in total. The van der Waals surface area contributed by atoms with Gasteiger partial charge in [0.2, 0.25) is 0 Å². The van der Waals surface area contributed by atoms with Crippen molar-refractivity contribution in [2.45, 2.75) is 51.6 Å². The Hall–Kier alpha value is -2.78. The molecule has 1 amide bonds. The van der Waals surface area contributed by atoms with E-state index in [1.807, 2.05) is 19.2 Å². The molecular formula is C22H29N7O2. The van der Waals surface area contributed by atoms with Gasteiger partial charge in [0, 0.05) is 29.9 Å². The molecule has 0 spiro atoms. The van der Waals surface area contributed by atoms with Crippen molar-refractivity contribution >= 4 is 11.6 Å². The molecule has 2 N–H and O–H groups in total. The fourth-order valence-corrected chi connectivity index (χ4v) is 4.68. The van der Waals surface area contributed by atoms with Gasteiger partial charge < -0.3 is 10.1 Å².